The zero-order valence-electron chi connectivity index (χ0n) is 16.5. The lowest BCUT2D eigenvalue weighted by molar-refractivity contribution is -0.138. The second kappa shape index (κ2) is 8.18. The van der Waals surface area contributed by atoms with E-state index in [0.29, 0.717) is 0 Å². The molecule has 15 heteroatoms. The van der Waals surface area contributed by atoms with E-state index in [1.54, 1.807) is 0 Å². The maximum atomic E-state index is 13.5. The second-order valence-corrected chi connectivity index (χ2v) is 9.69. The third kappa shape index (κ3) is 4.95. The van der Waals surface area contributed by atoms with Gasteiger partial charge in [-0.15, -0.1) is 0 Å². The van der Waals surface area contributed by atoms with Gasteiger partial charge in [0.1, 0.15) is 22.8 Å². The highest BCUT2D eigenvalue weighted by Gasteiger charge is 2.33. The van der Waals surface area contributed by atoms with Crippen molar-refractivity contribution >= 4 is 21.4 Å². The fourth-order valence-electron chi connectivity index (χ4n) is 2.86. The SMILES string of the molecule is NS(=O)(=O)c1cnc(-c2cn(-c3cc(C(F)(F)F)cc(-c4ccc(C(F)(F)F)cc4)n3)cn2)s1. The van der Waals surface area contributed by atoms with E-state index in [4.69, 9.17) is 5.14 Å². The molecule has 4 aromatic rings. The summed E-state index contributed by atoms with van der Waals surface area (Å²) in [6.07, 6.45) is -5.91. The summed E-state index contributed by atoms with van der Waals surface area (Å²) in [6.45, 7) is 0. The molecule has 0 saturated carbocycles. The Hall–Kier alpha value is -3.30. The van der Waals surface area contributed by atoms with Gasteiger partial charge in [0.05, 0.1) is 23.0 Å². The van der Waals surface area contributed by atoms with Crippen molar-refractivity contribution in [3.8, 4) is 27.8 Å². The third-order valence-corrected chi connectivity index (χ3v) is 6.91. The molecule has 1 aromatic carbocycles. The summed E-state index contributed by atoms with van der Waals surface area (Å²) in [5.74, 6) is -0.216. The van der Waals surface area contributed by atoms with Gasteiger partial charge < -0.3 is 0 Å². The first-order valence-electron chi connectivity index (χ1n) is 9.02. The van der Waals surface area contributed by atoms with E-state index >= 15 is 0 Å². The minimum absolute atomic E-state index is 0.0402. The van der Waals surface area contributed by atoms with Crippen LogP contribution in [0.5, 0.6) is 0 Å². The lowest BCUT2D eigenvalue weighted by Gasteiger charge is -2.13. The Kier molecular flexibility index (Phi) is 5.73. The van der Waals surface area contributed by atoms with Crippen LogP contribution in [-0.4, -0.2) is 27.9 Å². The first kappa shape index (κ1) is 23.8. The van der Waals surface area contributed by atoms with Crippen molar-refractivity contribution < 1.29 is 34.8 Å². The Bertz CT molecular complexity index is 1460. The van der Waals surface area contributed by atoms with E-state index in [1.807, 2.05) is 0 Å². The molecule has 0 spiro atoms. The number of hydrogen-bond donors (Lipinski definition) is 1. The van der Waals surface area contributed by atoms with Gasteiger partial charge in [-0.25, -0.2) is 28.5 Å². The summed E-state index contributed by atoms with van der Waals surface area (Å²) in [4.78, 5) is 12.1. The maximum absolute atomic E-state index is 13.5. The van der Waals surface area contributed by atoms with Gasteiger partial charge in [-0.3, -0.25) is 4.57 Å². The zero-order chi connectivity index (χ0) is 24.9. The van der Waals surface area contributed by atoms with Gasteiger partial charge in [0.2, 0.25) is 10.0 Å². The van der Waals surface area contributed by atoms with Crippen LogP contribution in [0.4, 0.5) is 26.3 Å². The second-order valence-electron chi connectivity index (χ2n) is 6.87. The molecule has 0 amide bonds. The highest BCUT2D eigenvalue weighted by Crippen LogP contribution is 2.35. The van der Waals surface area contributed by atoms with E-state index in [2.05, 4.69) is 15.0 Å². The molecule has 2 N–H and O–H groups in total. The lowest BCUT2D eigenvalue weighted by atomic mass is 10.1. The van der Waals surface area contributed by atoms with Gasteiger partial charge >= 0.3 is 12.4 Å². The van der Waals surface area contributed by atoms with Crippen molar-refractivity contribution in [2.45, 2.75) is 16.6 Å². The molecule has 3 heterocycles. The zero-order valence-corrected chi connectivity index (χ0v) is 18.1. The van der Waals surface area contributed by atoms with E-state index in [0.717, 1.165) is 64.8 Å². The Balaban J connectivity index is 1.76. The molecule has 0 radical (unpaired) electrons. The number of rotatable bonds is 4. The van der Waals surface area contributed by atoms with E-state index in [1.165, 1.54) is 6.20 Å². The van der Waals surface area contributed by atoms with E-state index in [-0.39, 0.29) is 32.0 Å². The molecule has 0 saturated heterocycles. The topological polar surface area (TPSA) is 104 Å². The van der Waals surface area contributed by atoms with Crippen LogP contribution in [-0.2, 0) is 22.4 Å². The highest BCUT2D eigenvalue weighted by atomic mass is 32.2. The van der Waals surface area contributed by atoms with Crippen LogP contribution < -0.4 is 5.14 Å². The van der Waals surface area contributed by atoms with Crippen molar-refractivity contribution in [3.63, 3.8) is 0 Å². The normalized spacial score (nSPS) is 12.8. The molecule has 4 rings (SSSR count). The number of alkyl halides is 6. The third-order valence-electron chi connectivity index (χ3n) is 4.48. The molecule has 0 aliphatic carbocycles. The molecule has 0 bridgehead atoms. The number of sulfonamides is 1. The summed E-state index contributed by atoms with van der Waals surface area (Å²) in [5.41, 5.74) is -2.05. The smallest absolute Gasteiger partial charge is 0.290 e. The van der Waals surface area contributed by atoms with Gasteiger partial charge in [0.15, 0.2) is 4.21 Å². The minimum atomic E-state index is -4.76. The molecule has 0 atom stereocenters. The number of thiazole rings is 1. The Morgan fingerprint density at radius 1 is 0.882 bits per heavy atom. The van der Waals surface area contributed by atoms with Crippen molar-refractivity contribution in [2.75, 3.05) is 0 Å². The van der Waals surface area contributed by atoms with Crippen LogP contribution in [0.25, 0.3) is 27.8 Å². The van der Waals surface area contributed by atoms with Crippen LogP contribution in [0, 0.1) is 0 Å². The number of imidazole rings is 1. The van der Waals surface area contributed by atoms with Crippen LogP contribution in [0.3, 0.4) is 0 Å². The molecule has 34 heavy (non-hydrogen) atoms. The number of hydrogen-bond acceptors (Lipinski definition) is 6. The van der Waals surface area contributed by atoms with Gasteiger partial charge in [-0.1, -0.05) is 23.5 Å². The van der Waals surface area contributed by atoms with Gasteiger partial charge in [0, 0.05) is 11.8 Å². The number of benzene rings is 1. The van der Waals surface area contributed by atoms with E-state index in [9.17, 15) is 34.8 Å². The standard InChI is InChI=1S/C19H11F6N5O2S2/c20-18(21,22)11-3-1-10(2-4-11)13-5-12(19(23,24)25)6-15(29-13)30-8-14(28-9-30)17-27-7-16(33-17)34(26,31)32/h1-9H,(H2,26,31,32). The van der Waals surface area contributed by atoms with Crippen molar-refractivity contribution in [2.24, 2.45) is 5.14 Å². The first-order valence-corrected chi connectivity index (χ1v) is 11.4. The van der Waals surface area contributed by atoms with Crippen LogP contribution in [0.2, 0.25) is 0 Å². The molecule has 0 aliphatic heterocycles. The van der Waals surface area contributed by atoms with Gasteiger partial charge in [0.25, 0.3) is 0 Å². The molecule has 0 unspecified atom stereocenters. The number of primary sulfonamides is 1. The average molecular weight is 519 g/mol. The van der Waals surface area contributed by atoms with Crippen LogP contribution in [0.15, 0.2) is 59.3 Å². The molecule has 178 valence electrons. The Morgan fingerprint density at radius 2 is 1.53 bits per heavy atom. The number of nitrogens with zero attached hydrogens (tertiary/aromatic N) is 4. The summed E-state index contributed by atoms with van der Waals surface area (Å²) in [7, 11) is -3.99. The molecule has 0 fully saturated rings. The molecular weight excluding hydrogens is 508 g/mol. The van der Waals surface area contributed by atoms with Crippen molar-refractivity contribution in [1.29, 1.82) is 0 Å². The fraction of sp³-hybridized carbons (Fsp3) is 0.105. The Morgan fingerprint density at radius 3 is 2.09 bits per heavy atom. The number of nitrogens with two attached hydrogens (primary N) is 1. The lowest BCUT2D eigenvalue weighted by Crippen LogP contribution is -2.09. The summed E-state index contributed by atoms with van der Waals surface area (Å²) >= 11 is 0.720. The summed E-state index contributed by atoms with van der Waals surface area (Å²) in [5, 5.41) is 5.20. The monoisotopic (exact) mass is 519 g/mol. The molecule has 3 aromatic heterocycles. The molecular formula is C19H11F6N5O2S2. The Labute approximate surface area is 191 Å². The van der Waals surface area contributed by atoms with E-state index < -0.39 is 33.5 Å². The average Bonchev–Trinajstić information content (AvgIpc) is 3.42. The van der Waals surface area contributed by atoms with Crippen molar-refractivity contribution in [1.82, 2.24) is 19.5 Å². The summed E-state index contributed by atoms with van der Waals surface area (Å²) < 4.78 is 103. The number of aromatic nitrogens is 4. The maximum Gasteiger partial charge on any atom is 0.416 e. The fourth-order valence-corrected chi connectivity index (χ4v) is 4.37. The quantitative estimate of drug-likeness (QED) is 0.392. The number of pyridine rings is 1. The minimum Gasteiger partial charge on any atom is -0.290 e. The van der Waals surface area contributed by atoms with Crippen LogP contribution in [0.1, 0.15) is 11.1 Å². The van der Waals surface area contributed by atoms with Gasteiger partial charge in [-0.2, -0.15) is 26.3 Å². The summed E-state index contributed by atoms with van der Waals surface area (Å²) in [6, 6.07) is 5.02. The molecule has 7 nitrogen and oxygen atoms in total. The predicted octanol–water partition coefficient (Wildman–Crippen LogP) is 4.74. The van der Waals surface area contributed by atoms with Crippen molar-refractivity contribution in [3.05, 3.63) is 66.2 Å². The largest absolute Gasteiger partial charge is 0.416 e. The predicted molar refractivity (Wildman–Crippen MR) is 109 cm³/mol. The van der Waals surface area contributed by atoms with Crippen LogP contribution >= 0.6 is 11.3 Å². The number of halogens is 6. The molecule has 0 aliphatic rings. The highest BCUT2D eigenvalue weighted by molar-refractivity contribution is 7.91. The van der Waals surface area contributed by atoms with Gasteiger partial charge in [-0.05, 0) is 24.3 Å². The first-order chi connectivity index (χ1) is 15.7.